The Bertz CT molecular complexity index is 474. The topological polar surface area (TPSA) is 6.48 Å². The zero-order valence-corrected chi connectivity index (χ0v) is 28.3. The molecule has 0 unspecified atom stereocenters. The van der Waals surface area contributed by atoms with Gasteiger partial charge in [-0.25, -0.2) is 0 Å². The molecule has 1 aliphatic heterocycles. The van der Waals surface area contributed by atoms with Crippen molar-refractivity contribution in [3.8, 4) is 0 Å². The van der Waals surface area contributed by atoms with Crippen molar-refractivity contribution in [3.05, 3.63) is 12.4 Å². The van der Waals surface area contributed by atoms with Gasteiger partial charge in [0.25, 0.3) is 0 Å². The maximum Gasteiger partial charge on any atom is 0.101 e. The first kappa shape index (κ1) is 37.4. The average molecular weight is 561 g/mol. The third-order valence-electron chi connectivity index (χ3n) is 9.30. The van der Waals surface area contributed by atoms with Crippen molar-refractivity contribution < 1.29 is 0 Å². The molecule has 0 spiro atoms. The van der Waals surface area contributed by atoms with Crippen molar-refractivity contribution in [2.75, 3.05) is 13.1 Å². The van der Waals surface area contributed by atoms with Gasteiger partial charge in [-0.3, -0.25) is 0 Å². The van der Waals surface area contributed by atoms with Crippen LogP contribution in [0.2, 0.25) is 0 Å². The monoisotopic (exact) mass is 561 g/mol. The minimum absolute atomic E-state index is 0.633. The Morgan fingerprint density at radius 1 is 0.325 bits per heavy atom. The summed E-state index contributed by atoms with van der Waals surface area (Å²) in [4.78, 5) is 5.32. The molecule has 0 saturated carbocycles. The minimum atomic E-state index is 0.633. The van der Waals surface area contributed by atoms with E-state index in [0.717, 1.165) is 0 Å². The number of nitrogens with zero attached hydrogens (tertiary/aromatic N) is 2. The van der Waals surface area contributed by atoms with E-state index in [1.807, 2.05) is 0 Å². The summed E-state index contributed by atoms with van der Waals surface area (Å²) in [5.74, 6) is 0. The number of unbranched alkanes of at least 4 members (excludes halogenated alkanes) is 26. The van der Waals surface area contributed by atoms with Crippen LogP contribution in [0.3, 0.4) is 0 Å². The average Bonchev–Trinajstić information content (AvgIpc) is 3.34. The Balaban J connectivity index is 1.94. The zero-order valence-electron chi connectivity index (χ0n) is 28.3. The fourth-order valence-electron chi connectivity index (χ4n) is 6.58. The van der Waals surface area contributed by atoms with Crippen LogP contribution in [0.1, 0.15) is 213 Å². The lowest BCUT2D eigenvalue weighted by Crippen LogP contribution is -2.39. The molecule has 0 amide bonds. The van der Waals surface area contributed by atoms with Crippen LogP contribution in [0, 0.1) is 0 Å². The Hall–Kier alpha value is -0.660. The molecule has 0 bridgehead atoms. The summed E-state index contributed by atoms with van der Waals surface area (Å²) in [6.07, 6.45) is 48.5. The molecule has 2 nitrogen and oxygen atoms in total. The molecule has 0 aromatic carbocycles. The van der Waals surface area contributed by atoms with Crippen LogP contribution in [0.5, 0.6) is 0 Å². The molecular formula is C38H76N2. The van der Waals surface area contributed by atoms with Crippen LogP contribution in [0.25, 0.3) is 0 Å². The van der Waals surface area contributed by atoms with Crippen LogP contribution < -0.4 is 0 Å². The Morgan fingerprint density at radius 3 is 0.825 bits per heavy atom. The lowest BCUT2D eigenvalue weighted by molar-refractivity contribution is 0.138. The van der Waals surface area contributed by atoms with E-state index >= 15 is 0 Å². The van der Waals surface area contributed by atoms with Crippen LogP contribution in [-0.4, -0.2) is 29.1 Å². The van der Waals surface area contributed by atoms with E-state index < -0.39 is 0 Å². The predicted molar refractivity (Wildman–Crippen MR) is 182 cm³/mol. The van der Waals surface area contributed by atoms with Crippen molar-refractivity contribution in [1.82, 2.24) is 9.80 Å². The summed E-state index contributed by atoms with van der Waals surface area (Å²) < 4.78 is 0. The molecule has 0 aliphatic carbocycles. The van der Waals surface area contributed by atoms with Crippen LogP contribution in [0.4, 0.5) is 0 Å². The predicted octanol–water partition coefficient (Wildman–Crippen LogP) is 13.2. The summed E-state index contributed by atoms with van der Waals surface area (Å²) in [5, 5.41) is 0. The molecule has 0 atom stereocenters. The molecular weight excluding hydrogens is 484 g/mol. The van der Waals surface area contributed by atoms with Gasteiger partial charge in [-0.05, 0) is 19.3 Å². The van der Waals surface area contributed by atoms with Crippen LogP contribution in [-0.2, 0) is 0 Å². The van der Waals surface area contributed by atoms with Gasteiger partial charge in [-0.2, -0.15) is 0 Å². The largest absolute Gasteiger partial charge is 0.356 e. The summed E-state index contributed by atoms with van der Waals surface area (Å²) in [6, 6.07) is 0. The third-order valence-corrected chi connectivity index (χ3v) is 9.30. The maximum absolute atomic E-state index is 2.66. The number of rotatable bonds is 32. The first-order valence-corrected chi connectivity index (χ1v) is 19.0. The highest BCUT2D eigenvalue weighted by Gasteiger charge is 2.24. The van der Waals surface area contributed by atoms with E-state index in [9.17, 15) is 0 Å². The van der Waals surface area contributed by atoms with E-state index in [1.165, 1.54) is 206 Å². The van der Waals surface area contributed by atoms with Gasteiger partial charge in [0.2, 0.25) is 0 Å². The fourth-order valence-corrected chi connectivity index (χ4v) is 6.58. The molecule has 0 N–H and O–H groups in total. The molecule has 1 rings (SSSR count). The number of hydrogen-bond donors (Lipinski definition) is 0. The SMILES string of the molecule is CCCCCCCCCCCCCCCCN1C=CN(CCCCCCCCCCCCCCCC)C1CCC. The highest BCUT2D eigenvalue weighted by atomic mass is 15.4. The zero-order chi connectivity index (χ0) is 28.8. The molecule has 0 fully saturated rings. The van der Waals surface area contributed by atoms with E-state index in [1.54, 1.807) is 0 Å². The Kier molecular flexibility index (Phi) is 27.9. The van der Waals surface area contributed by atoms with E-state index in [2.05, 4.69) is 43.0 Å². The van der Waals surface area contributed by atoms with Gasteiger partial charge in [-0.15, -0.1) is 0 Å². The molecule has 0 aromatic rings. The second-order valence-corrected chi connectivity index (χ2v) is 13.2. The highest BCUT2D eigenvalue weighted by Crippen LogP contribution is 2.22. The summed E-state index contributed by atoms with van der Waals surface area (Å²) in [6.45, 7) is 9.49. The quantitative estimate of drug-likeness (QED) is 0.0755. The Morgan fingerprint density at radius 2 is 0.575 bits per heavy atom. The lowest BCUT2D eigenvalue weighted by Gasteiger charge is -2.33. The highest BCUT2D eigenvalue weighted by molar-refractivity contribution is 4.96. The van der Waals surface area contributed by atoms with Gasteiger partial charge in [0.05, 0.1) is 0 Å². The van der Waals surface area contributed by atoms with E-state index in [-0.39, 0.29) is 0 Å². The minimum Gasteiger partial charge on any atom is -0.356 e. The smallest absolute Gasteiger partial charge is 0.101 e. The summed E-state index contributed by atoms with van der Waals surface area (Å²) in [7, 11) is 0. The van der Waals surface area contributed by atoms with Gasteiger partial charge < -0.3 is 9.80 Å². The van der Waals surface area contributed by atoms with Crippen molar-refractivity contribution in [1.29, 1.82) is 0 Å². The van der Waals surface area contributed by atoms with E-state index in [0.29, 0.717) is 6.17 Å². The summed E-state index contributed by atoms with van der Waals surface area (Å²) in [5.41, 5.74) is 0. The normalized spacial score (nSPS) is 13.8. The molecule has 0 aromatic heterocycles. The van der Waals surface area contributed by atoms with Gasteiger partial charge in [0.1, 0.15) is 6.17 Å². The van der Waals surface area contributed by atoms with Gasteiger partial charge in [-0.1, -0.05) is 194 Å². The lowest BCUT2D eigenvalue weighted by atomic mass is 10.0. The molecule has 2 heteroatoms. The Labute approximate surface area is 254 Å². The van der Waals surface area contributed by atoms with Crippen molar-refractivity contribution >= 4 is 0 Å². The standard InChI is InChI=1S/C38H76N2/c1-4-7-9-11-13-15-17-19-21-23-25-27-29-31-34-39-36-37-40(38(39)33-6-3)35-32-30-28-26-24-22-20-18-16-14-12-10-8-5-2/h36-38H,4-35H2,1-3H3. The van der Waals surface area contributed by atoms with Crippen molar-refractivity contribution in [2.45, 2.75) is 220 Å². The molecule has 40 heavy (non-hydrogen) atoms. The molecule has 1 heterocycles. The van der Waals surface area contributed by atoms with Gasteiger partial charge in [0.15, 0.2) is 0 Å². The fraction of sp³-hybridized carbons (Fsp3) is 0.947. The van der Waals surface area contributed by atoms with Crippen LogP contribution >= 0.6 is 0 Å². The molecule has 238 valence electrons. The molecule has 1 aliphatic rings. The molecule has 0 saturated heterocycles. The second-order valence-electron chi connectivity index (χ2n) is 13.2. The van der Waals surface area contributed by atoms with E-state index in [4.69, 9.17) is 0 Å². The maximum atomic E-state index is 2.66. The molecule has 0 radical (unpaired) electrons. The number of hydrogen-bond acceptors (Lipinski definition) is 2. The summed E-state index contributed by atoms with van der Waals surface area (Å²) >= 11 is 0. The first-order chi connectivity index (χ1) is 19.8. The van der Waals surface area contributed by atoms with Gasteiger partial charge in [0, 0.05) is 25.5 Å². The first-order valence-electron chi connectivity index (χ1n) is 19.0. The third kappa shape index (κ3) is 22.0. The van der Waals surface area contributed by atoms with Gasteiger partial charge >= 0.3 is 0 Å². The van der Waals surface area contributed by atoms with Crippen molar-refractivity contribution in [3.63, 3.8) is 0 Å². The second kappa shape index (κ2) is 29.8. The van der Waals surface area contributed by atoms with Crippen LogP contribution in [0.15, 0.2) is 12.4 Å². The van der Waals surface area contributed by atoms with Crippen molar-refractivity contribution in [2.24, 2.45) is 0 Å².